The Bertz CT molecular complexity index is 951. The average Bonchev–Trinajstić information content (AvgIpc) is 2.96. The molecule has 0 saturated carbocycles. The van der Waals surface area contributed by atoms with E-state index in [1.54, 1.807) is 32.2 Å². The van der Waals surface area contributed by atoms with E-state index in [0.29, 0.717) is 35.5 Å². The van der Waals surface area contributed by atoms with E-state index in [4.69, 9.17) is 0 Å². The number of nitrogens with zero attached hydrogens (tertiary/aromatic N) is 4. The molecular formula is C19H22N4O3. The van der Waals surface area contributed by atoms with Crippen molar-refractivity contribution in [2.75, 3.05) is 19.6 Å². The molecule has 4 heterocycles. The van der Waals surface area contributed by atoms with E-state index in [-0.39, 0.29) is 23.4 Å². The second-order valence-corrected chi connectivity index (χ2v) is 7.37. The van der Waals surface area contributed by atoms with E-state index in [0.717, 1.165) is 19.4 Å². The van der Waals surface area contributed by atoms with Crippen LogP contribution in [-0.2, 0) is 11.8 Å². The summed E-state index contributed by atoms with van der Waals surface area (Å²) in [5, 5.41) is 0.506. The largest absolute Gasteiger partial charge is 0.341 e. The summed E-state index contributed by atoms with van der Waals surface area (Å²) < 4.78 is 1.42. The molecule has 3 saturated heterocycles. The van der Waals surface area contributed by atoms with Crippen LogP contribution in [0.15, 0.2) is 29.3 Å². The van der Waals surface area contributed by atoms with Crippen LogP contribution in [0.1, 0.15) is 30.1 Å². The normalized spacial score (nSPS) is 22.5. The highest BCUT2D eigenvalue weighted by molar-refractivity contribution is 5.98. The lowest BCUT2D eigenvalue weighted by Gasteiger charge is -2.36. The van der Waals surface area contributed by atoms with E-state index < -0.39 is 0 Å². The fraction of sp³-hybridized carbons (Fsp3) is 0.474. The summed E-state index contributed by atoms with van der Waals surface area (Å²) in [6, 6.07) is 5.13. The van der Waals surface area contributed by atoms with Crippen LogP contribution in [0, 0.1) is 5.92 Å². The van der Waals surface area contributed by atoms with Crippen LogP contribution in [0.25, 0.3) is 10.9 Å². The summed E-state index contributed by atoms with van der Waals surface area (Å²) in [5.74, 6) is 0.351. The maximum absolute atomic E-state index is 13.1. The molecule has 26 heavy (non-hydrogen) atoms. The van der Waals surface area contributed by atoms with Crippen molar-refractivity contribution in [2.45, 2.75) is 25.8 Å². The molecule has 3 aliphatic heterocycles. The Balaban J connectivity index is 1.65. The minimum Gasteiger partial charge on any atom is -0.341 e. The van der Waals surface area contributed by atoms with Gasteiger partial charge in [-0.2, -0.15) is 0 Å². The minimum absolute atomic E-state index is 0.0468. The predicted octanol–water partition coefficient (Wildman–Crippen LogP) is 1.02. The maximum atomic E-state index is 13.1. The van der Waals surface area contributed by atoms with Crippen LogP contribution in [0.5, 0.6) is 0 Å². The van der Waals surface area contributed by atoms with Gasteiger partial charge in [-0.3, -0.25) is 14.4 Å². The van der Waals surface area contributed by atoms with Crippen molar-refractivity contribution >= 4 is 22.7 Å². The van der Waals surface area contributed by atoms with Gasteiger partial charge in [0.1, 0.15) is 0 Å². The van der Waals surface area contributed by atoms with Gasteiger partial charge in [0.15, 0.2) is 0 Å². The smallest absolute Gasteiger partial charge is 0.260 e. The number of amides is 2. The average molecular weight is 354 g/mol. The minimum atomic E-state index is -0.125. The molecule has 3 aliphatic rings. The third kappa shape index (κ3) is 2.77. The molecule has 0 radical (unpaired) electrons. The molecule has 1 aromatic carbocycles. The van der Waals surface area contributed by atoms with Crippen LogP contribution >= 0.6 is 0 Å². The van der Waals surface area contributed by atoms with E-state index >= 15 is 0 Å². The number of hydrogen-bond acceptors (Lipinski definition) is 4. The summed E-state index contributed by atoms with van der Waals surface area (Å²) in [4.78, 5) is 45.1. The molecule has 1 aromatic heterocycles. The number of rotatable bonds is 1. The van der Waals surface area contributed by atoms with Crippen molar-refractivity contribution in [3.8, 4) is 0 Å². The Kier molecular flexibility index (Phi) is 4.01. The molecule has 7 heteroatoms. The third-order valence-corrected chi connectivity index (χ3v) is 5.59. The van der Waals surface area contributed by atoms with Gasteiger partial charge in [-0.25, -0.2) is 4.98 Å². The zero-order chi connectivity index (χ0) is 18.4. The van der Waals surface area contributed by atoms with Gasteiger partial charge in [0.25, 0.3) is 11.5 Å². The van der Waals surface area contributed by atoms with E-state index in [9.17, 15) is 14.4 Å². The van der Waals surface area contributed by atoms with Gasteiger partial charge in [0, 0.05) is 45.2 Å². The SMILES string of the molecule is CC(=O)N1C[C@@H]2CC[C@H](C1)N(C(=O)c1ccc3c(=O)n(C)cnc3c1)C2. The topological polar surface area (TPSA) is 75.5 Å². The fourth-order valence-corrected chi connectivity index (χ4v) is 4.10. The molecule has 136 valence electrons. The molecule has 5 rings (SSSR count). The quantitative estimate of drug-likeness (QED) is 0.766. The zero-order valence-electron chi connectivity index (χ0n) is 15.0. The lowest BCUT2D eigenvalue weighted by atomic mass is 9.94. The van der Waals surface area contributed by atoms with Gasteiger partial charge in [0.2, 0.25) is 5.91 Å². The van der Waals surface area contributed by atoms with Gasteiger partial charge < -0.3 is 14.4 Å². The second kappa shape index (κ2) is 6.23. The highest BCUT2D eigenvalue weighted by Gasteiger charge is 2.38. The van der Waals surface area contributed by atoms with Crippen molar-refractivity contribution in [1.29, 1.82) is 0 Å². The van der Waals surface area contributed by atoms with Gasteiger partial charge in [-0.15, -0.1) is 0 Å². The Morgan fingerprint density at radius 1 is 1.15 bits per heavy atom. The van der Waals surface area contributed by atoms with Crippen molar-refractivity contribution in [2.24, 2.45) is 13.0 Å². The number of aryl methyl sites for hydroxylation is 1. The molecule has 0 N–H and O–H groups in total. The molecule has 0 spiro atoms. The molecule has 7 nitrogen and oxygen atoms in total. The Labute approximate surface area is 151 Å². The number of hydrogen-bond donors (Lipinski definition) is 0. The summed E-state index contributed by atoms with van der Waals surface area (Å²) in [7, 11) is 1.66. The van der Waals surface area contributed by atoms with Crippen LogP contribution in [0.4, 0.5) is 0 Å². The number of carbonyl (C=O) groups excluding carboxylic acids is 2. The summed E-state index contributed by atoms with van der Waals surface area (Å²) in [6.45, 7) is 3.59. The standard InChI is InChI=1S/C19H22N4O3/c1-12(24)22-8-13-3-5-15(10-22)23(9-13)18(25)14-4-6-16-17(7-14)20-11-21(2)19(16)26/h4,6-7,11,13,15H,3,5,8-10H2,1-2H3/t13-,15+/m0/s1. The first-order chi connectivity index (χ1) is 12.4. The van der Waals surface area contributed by atoms with E-state index in [1.807, 2.05) is 9.80 Å². The monoisotopic (exact) mass is 354 g/mol. The van der Waals surface area contributed by atoms with Gasteiger partial charge in [0.05, 0.1) is 17.2 Å². The molecule has 3 fully saturated rings. The first-order valence-corrected chi connectivity index (χ1v) is 8.96. The molecule has 2 amide bonds. The number of carbonyl (C=O) groups is 2. The van der Waals surface area contributed by atoms with Crippen LogP contribution < -0.4 is 5.56 Å². The summed E-state index contributed by atoms with van der Waals surface area (Å²) in [5.41, 5.74) is 0.949. The highest BCUT2D eigenvalue weighted by atomic mass is 16.2. The van der Waals surface area contributed by atoms with E-state index in [1.165, 1.54) is 10.9 Å². The van der Waals surface area contributed by atoms with Crippen molar-refractivity contribution in [1.82, 2.24) is 19.4 Å². The number of fused-ring (bicyclic) bond motifs is 5. The molecular weight excluding hydrogens is 332 g/mol. The highest BCUT2D eigenvalue weighted by Crippen LogP contribution is 2.29. The lowest BCUT2D eigenvalue weighted by molar-refractivity contribution is -0.129. The first-order valence-electron chi connectivity index (χ1n) is 8.96. The Morgan fingerprint density at radius 3 is 2.73 bits per heavy atom. The number of aromatic nitrogens is 2. The van der Waals surface area contributed by atoms with Gasteiger partial charge >= 0.3 is 0 Å². The van der Waals surface area contributed by atoms with Crippen molar-refractivity contribution < 1.29 is 9.59 Å². The molecule has 2 bridgehead atoms. The fourth-order valence-electron chi connectivity index (χ4n) is 4.10. The number of benzene rings is 1. The molecule has 2 aromatic rings. The number of piperidine rings is 1. The van der Waals surface area contributed by atoms with E-state index in [2.05, 4.69) is 4.98 Å². The summed E-state index contributed by atoms with van der Waals surface area (Å²) in [6.07, 6.45) is 3.44. The van der Waals surface area contributed by atoms with Crippen LogP contribution in [0.3, 0.4) is 0 Å². The molecule has 0 aliphatic carbocycles. The van der Waals surface area contributed by atoms with Crippen LogP contribution in [-0.4, -0.2) is 56.8 Å². The lowest BCUT2D eigenvalue weighted by Crippen LogP contribution is -2.47. The van der Waals surface area contributed by atoms with Gasteiger partial charge in [-0.1, -0.05) is 0 Å². The third-order valence-electron chi connectivity index (χ3n) is 5.59. The summed E-state index contributed by atoms with van der Waals surface area (Å²) >= 11 is 0. The van der Waals surface area contributed by atoms with Gasteiger partial charge in [-0.05, 0) is 37.0 Å². The maximum Gasteiger partial charge on any atom is 0.260 e. The Morgan fingerprint density at radius 2 is 1.96 bits per heavy atom. The van der Waals surface area contributed by atoms with Crippen LogP contribution in [0.2, 0.25) is 0 Å². The van der Waals surface area contributed by atoms with Crippen molar-refractivity contribution in [3.63, 3.8) is 0 Å². The van der Waals surface area contributed by atoms with Crippen molar-refractivity contribution in [3.05, 3.63) is 40.4 Å². The zero-order valence-corrected chi connectivity index (χ0v) is 15.0. The first kappa shape index (κ1) is 16.8. The molecule has 2 atom stereocenters. The second-order valence-electron chi connectivity index (χ2n) is 7.37. The predicted molar refractivity (Wildman–Crippen MR) is 96.8 cm³/mol. The Hall–Kier alpha value is -2.70. The molecule has 0 unspecified atom stereocenters.